The van der Waals surface area contributed by atoms with E-state index in [4.69, 9.17) is 4.74 Å². The third-order valence-corrected chi connectivity index (χ3v) is 1.87. The molecular formula is C15H34O2. The third-order valence-electron chi connectivity index (χ3n) is 1.87. The zero-order valence-corrected chi connectivity index (χ0v) is 13.0. The molecule has 106 valence electrons. The maximum absolute atomic E-state index is 9.44. The predicted molar refractivity (Wildman–Crippen MR) is 77.6 cm³/mol. The highest BCUT2D eigenvalue weighted by molar-refractivity contribution is 5.72. The Morgan fingerprint density at radius 1 is 0.765 bits per heavy atom. The SMILES string of the molecule is CC(C)=O.CCCCCCCC.CCOCC. The first-order valence-corrected chi connectivity index (χ1v) is 7.11. The standard InChI is InChI=1S/C8H18.C4H10O.C3H6O/c1-3-5-7-8-6-4-2;1-3-5-4-2;1-3(2)4/h3-8H2,1-2H3;3-4H2,1-2H3;1-2H3. The van der Waals surface area contributed by atoms with Crippen molar-refractivity contribution >= 4 is 5.78 Å². The van der Waals surface area contributed by atoms with Crippen molar-refractivity contribution in [1.82, 2.24) is 0 Å². The van der Waals surface area contributed by atoms with Crippen molar-refractivity contribution in [2.45, 2.75) is 80.1 Å². The van der Waals surface area contributed by atoms with Gasteiger partial charge in [0.2, 0.25) is 0 Å². The largest absolute Gasteiger partial charge is 0.382 e. The number of hydrogen-bond donors (Lipinski definition) is 0. The molecule has 0 bridgehead atoms. The van der Waals surface area contributed by atoms with Gasteiger partial charge in [-0.05, 0) is 27.7 Å². The Morgan fingerprint density at radius 2 is 1.06 bits per heavy atom. The Morgan fingerprint density at radius 3 is 1.18 bits per heavy atom. The minimum absolute atomic E-state index is 0.167. The Bertz CT molecular complexity index is 110. The molecule has 0 saturated carbocycles. The molecule has 0 aliphatic rings. The second-order valence-corrected chi connectivity index (χ2v) is 4.10. The summed E-state index contributed by atoms with van der Waals surface area (Å²) in [6, 6.07) is 0. The lowest BCUT2D eigenvalue weighted by Crippen LogP contribution is -1.84. The summed E-state index contributed by atoms with van der Waals surface area (Å²) in [7, 11) is 0. The van der Waals surface area contributed by atoms with E-state index in [1.54, 1.807) is 0 Å². The molecule has 0 fully saturated rings. The zero-order valence-electron chi connectivity index (χ0n) is 13.0. The first-order chi connectivity index (χ1) is 8.06. The van der Waals surface area contributed by atoms with Gasteiger partial charge in [-0.1, -0.05) is 52.4 Å². The molecule has 2 nitrogen and oxygen atoms in total. The average Bonchev–Trinajstić information content (AvgIpc) is 2.26. The summed E-state index contributed by atoms with van der Waals surface area (Å²) in [6.45, 7) is 13.2. The van der Waals surface area contributed by atoms with Gasteiger partial charge in [-0.3, -0.25) is 0 Å². The molecule has 0 atom stereocenters. The van der Waals surface area contributed by atoms with Gasteiger partial charge < -0.3 is 9.53 Å². The predicted octanol–water partition coefficient (Wildman–Crippen LogP) is 5.00. The Labute approximate surface area is 109 Å². The molecule has 0 radical (unpaired) electrons. The number of unbranched alkanes of at least 4 members (excludes halogenated alkanes) is 5. The normalized spacial score (nSPS) is 8.59. The van der Waals surface area contributed by atoms with E-state index in [9.17, 15) is 4.79 Å². The van der Waals surface area contributed by atoms with Crippen LogP contribution in [0.1, 0.15) is 80.1 Å². The van der Waals surface area contributed by atoms with Crippen molar-refractivity contribution in [1.29, 1.82) is 0 Å². The quantitative estimate of drug-likeness (QED) is 0.591. The van der Waals surface area contributed by atoms with E-state index < -0.39 is 0 Å². The molecule has 0 saturated heterocycles. The van der Waals surface area contributed by atoms with Gasteiger partial charge in [-0.25, -0.2) is 0 Å². The average molecular weight is 246 g/mol. The van der Waals surface area contributed by atoms with E-state index in [2.05, 4.69) is 13.8 Å². The summed E-state index contributed by atoms with van der Waals surface area (Å²) in [6.07, 6.45) is 8.49. The summed E-state index contributed by atoms with van der Waals surface area (Å²) in [4.78, 5) is 9.44. The third kappa shape index (κ3) is 66.1. The van der Waals surface area contributed by atoms with Crippen LogP contribution in [-0.4, -0.2) is 19.0 Å². The van der Waals surface area contributed by atoms with Crippen LogP contribution in [0, 0.1) is 0 Å². The fourth-order valence-electron chi connectivity index (χ4n) is 1.06. The van der Waals surface area contributed by atoms with Crippen LogP contribution in [0.25, 0.3) is 0 Å². The molecule has 0 aliphatic heterocycles. The van der Waals surface area contributed by atoms with Gasteiger partial charge in [0.05, 0.1) is 0 Å². The molecule has 0 rings (SSSR count). The van der Waals surface area contributed by atoms with Gasteiger partial charge in [0, 0.05) is 13.2 Å². The maximum atomic E-state index is 9.44. The summed E-state index contributed by atoms with van der Waals surface area (Å²) < 4.78 is 4.83. The van der Waals surface area contributed by atoms with Gasteiger partial charge in [-0.2, -0.15) is 0 Å². The molecular weight excluding hydrogens is 212 g/mol. The molecule has 17 heavy (non-hydrogen) atoms. The van der Waals surface area contributed by atoms with Crippen molar-refractivity contribution in [2.75, 3.05) is 13.2 Å². The Kier molecular flexibility index (Phi) is 31.8. The van der Waals surface area contributed by atoms with Crippen molar-refractivity contribution in [3.63, 3.8) is 0 Å². The zero-order chi connectivity index (χ0) is 13.9. The van der Waals surface area contributed by atoms with Crippen molar-refractivity contribution in [2.24, 2.45) is 0 Å². The second-order valence-electron chi connectivity index (χ2n) is 4.10. The van der Waals surface area contributed by atoms with E-state index in [1.165, 1.54) is 52.4 Å². The fourth-order valence-corrected chi connectivity index (χ4v) is 1.06. The summed E-state index contributed by atoms with van der Waals surface area (Å²) in [5.74, 6) is 0.167. The number of carbonyl (C=O) groups is 1. The van der Waals surface area contributed by atoms with Gasteiger partial charge in [0.15, 0.2) is 0 Å². The monoisotopic (exact) mass is 246 g/mol. The van der Waals surface area contributed by atoms with E-state index in [0.717, 1.165) is 13.2 Å². The first kappa shape index (κ1) is 21.9. The van der Waals surface area contributed by atoms with E-state index in [1.807, 2.05) is 13.8 Å². The number of carbonyl (C=O) groups excluding carboxylic acids is 1. The van der Waals surface area contributed by atoms with E-state index >= 15 is 0 Å². The van der Waals surface area contributed by atoms with Crippen LogP contribution in [0.5, 0.6) is 0 Å². The van der Waals surface area contributed by atoms with E-state index in [0.29, 0.717) is 0 Å². The van der Waals surface area contributed by atoms with Crippen LogP contribution < -0.4 is 0 Å². The molecule has 0 unspecified atom stereocenters. The lowest BCUT2D eigenvalue weighted by molar-refractivity contribution is -0.114. The molecule has 0 aromatic carbocycles. The van der Waals surface area contributed by atoms with Gasteiger partial charge in [0.25, 0.3) is 0 Å². The molecule has 0 amide bonds. The lowest BCUT2D eigenvalue weighted by atomic mass is 10.1. The highest BCUT2D eigenvalue weighted by atomic mass is 16.5. The van der Waals surface area contributed by atoms with Crippen LogP contribution in [0.4, 0.5) is 0 Å². The number of hydrogen-bond acceptors (Lipinski definition) is 2. The first-order valence-electron chi connectivity index (χ1n) is 7.11. The number of ether oxygens (including phenoxy) is 1. The minimum atomic E-state index is 0.167. The van der Waals surface area contributed by atoms with Crippen LogP contribution in [-0.2, 0) is 9.53 Å². The molecule has 0 heterocycles. The van der Waals surface area contributed by atoms with Gasteiger partial charge in [0.1, 0.15) is 5.78 Å². The Balaban J connectivity index is -0.000000188. The molecule has 0 aliphatic carbocycles. The molecule has 2 heteroatoms. The Hall–Kier alpha value is -0.370. The van der Waals surface area contributed by atoms with Crippen LogP contribution in [0.2, 0.25) is 0 Å². The summed E-state index contributed by atoms with van der Waals surface area (Å²) in [5, 5.41) is 0. The maximum Gasteiger partial charge on any atom is 0.126 e. The second kappa shape index (κ2) is 24.7. The minimum Gasteiger partial charge on any atom is -0.382 e. The van der Waals surface area contributed by atoms with Crippen molar-refractivity contribution in [3.05, 3.63) is 0 Å². The van der Waals surface area contributed by atoms with Gasteiger partial charge >= 0.3 is 0 Å². The topological polar surface area (TPSA) is 26.3 Å². The van der Waals surface area contributed by atoms with Crippen molar-refractivity contribution < 1.29 is 9.53 Å². The molecule has 0 aromatic rings. The fraction of sp³-hybridized carbons (Fsp3) is 0.933. The number of rotatable bonds is 7. The molecule has 0 N–H and O–H groups in total. The lowest BCUT2D eigenvalue weighted by Gasteiger charge is -1.93. The highest BCUT2D eigenvalue weighted by Crippen LogP contribution is 2.03. The highest BCUT2D eigenvalue weighted by Gasteiger charge is 1.83. The van der Waals surface area contributed by atoms with Crippen molar-refractivity contribution in [3.8, 4) is 0 Å². The summed E-state index contributed by atoms with van der Waals surface area (Å²) in [5.41, 5.74) is 0. The molecule has 0 spiro atoms. The smallest absolute Gasteiger partial charge is 0.126 e. The van der Waals surface area contributed by atoms with Crippen LogP contribution >= 0.6 is 0 Å². The van der Waals surface area contributed by atoms with E-state index in [-0.39, 0.29) is 5.78 Å². The number of ketones is 1. The summed E-state index contributed by atoms with van der Waals surface area (Å²) >= 11 is 0. The number of Topliss-reactive ketones (excluding diaryl/α,β-unsaturated/α-hetero) is 1. The molecule has 0 aromatic heterocycles. The van der Waals surface area contributed by atoms with Crippen LogP contribution in [0.15, 0.2) is 0 Å². The van der Waals surface area contributed by atoms with Crippen LogP contribution in [0.3, 0.4) is 0 Å². The van der Waals surface area contributed by atoms with Gasteiger partial charge in [-0.15, -0.1) is 0 Å².